The molecule has 2 N–H and O–H groups in total. The van der Waals surface area contributed by atoms with Crippen molar-refractivity contribution >= 4 is 29.9 Å². The van der Waals surface area contributed by atoms with Gasteiger partial charge >= 0.3 is 0 Å². The Kier molecular flexibility index (Phi) is 12.0. The van der Waals surface area contributed by atoms with E-state index in [0.29, 0.717) is 0 Å². The van der Waals surface area contributed by atoms with Crippen molar-refractivity contribution in [3.63, 3.8) is 0 Å². The van der Waals surface area contributed by atoms with E-state index in [4.69, 9.17) is 0 Å². The minimum absolute atomic E-state index is 0. The van der Waals surface area contributed by atoms with E-state index in [2.05, 4.69) is 21.7 Å². The first-order valence-electron chi connectivity index (χ1n) is 7.14. The Morgan fingerprint density at radius 2 is 1.95 bits per heavy atom. The second-order valence-corrected chi connectivity index (χ2v) is 4.42. The van der Waals surface area contributed by atoms with Gasteiger partial charge in [0.15, 0.2) is 5.96 Å². The molecule has 0 saturated carbocycles. The van der Waals surface area contributed by atoms with E-state index in [0.717, 1.165) is 44.0 Å². The standard InChI is InChI=1S/C16H24FN3.HI/c1-3-5-6-12-19-16(18-4-2)20-13-11-14-7-9-15(17)10-8-14;/h3,5,7-10H,4,6,11-13H2,1-2H3,(H2,18,19,20);1H/b5-3+;. The summed E-state index contributed by atoms with van der Waals surface area (Å²) in [6.07, 6.45) is 5.93. The van der Waals surface area contributed by atoms with Crippen LogP contribution in [0.1, 0.15) is 25.8 Å². The third-order valence-electron chi connectivity index (χ3n) is 2.76. The molecule has 0 aliphatic rings. The molecule has 0 aromatic heterocycles. The molecule has 3 nitrogen and oxygen atoms in total. The fraction of sp³-hybridized carbons (Fsp3) is 0.438. The molecule has 1 aromatic carbocycles. The van der Waals surface area contributed by atoms with Crippen LogP contribution >= 0.6 is 24.0 Å². The molecule has 0 amide bonds. The summed E-state index contributed by atoms with van der Waals surface area (Å²) in [6, 6.07) is 6.61. The van der Waals surface area contributed by atoms with Crippen molar-refractivity contribution in [3.05, 3.63) is 47.8 Å². The molecule has 0 heterocycles. The Hall–Kier alpha value is -1.11. The number of halogens is 2. The lowest BCUT2D eigenvalue weighted by molar-refractivity contribution is 0.626. The highest BCUT2D eigenvalue weighted by Crippen LogP contribution is 2.02. The van der Waals surface area contributed by atoms with Crippen molar-refractivity contribution < 1.29 is 4.39 Å². The van der Waals surface area contributed by atoms with Gasteiger partial charge in [0.05, 0.1) is 0 Å². The number of nitrogens with one attached hydrogen (secondary N) is 2. The van der Waals surface area contributed by atoms with Crippen LogP contribution in [-0.2, 0) is 6.42 Å². The minimum atomic E-state index is -0.194. The first-order valence-corrected chi connectivity index (χ1v) is 7.14. The first kappa shape index (κ1) is 19.9. The smallest absolute Gasteiger partial charge is 0.191 e. The van der Waals surface area contributed by atoms with E-state index in [1.165, 1.54) is 12.1 Å². The summed E-state index contributed by atoms with van der Waals surface area (Å²) in [7, 11) is 0. The molecule has 0 unspecified atom stereocenters. The van der Waals surface area contributed by atoms with Gasteiger partial charge in [0.2, 0.25) is 0 Å². The normalized spacial score (nSPS) is 11.3. The molecule has 0 radical (unpaired) electrons. The number of hydrogen-bond acceptors (Lipinski definition) is 1. The van der Waals surface area contributed by atoms with Crippen LogP contribution in [0, 0.1) is 5.82 Å². The lowest BCUT2D eigenvalue weighted by Crippen LogP contribution is -2.38. The summed E-state index contributed by atoms with van der Waals surface area (Å²) in [5.41, 5.74) is 1.11. The van der Waals surface area contributed by atoms with Crippen molar-refractivity contribution in [3.8, 4) is 0 Å². The summed E-state index contributed by atoms with van der Waals surface area (Å²) >= 11 is 0. The zero-order valence-corrected chi connectivity index (χ0v) is 15.1. The number of hydrogen-bond donors (Lipinski definition) is 2. The molecule has 0 saturated heterocycles. The molecular formula is C16H25FIN3. The summed E-state index contributed by atoms with van der Waals surface area (Å²) in [5, 5.41) is 6.49. The van der Waals surface area contributed by atoms with Crippen molar-refractivity contribution in [2.75, 3.05) is 19.6 Å². The highest BCUT2D eigenvalue weighted by Gasteiger charge is 1.97. The van der Waals surface area contributed by atoms with Gasteiger partial charge < -0.3 is 10.6 Å². The monoisotopic (exact) mass is 405 g/mol. The number of allylic oxidation sites excluding steroid dienone is 1. The molecular weight excluding hydrogens is 380 g/mol. The van der Waals surface area contributed by atoms with Gasteiger partial charge in [-0.25, -0.2) is 4.39 Å². The zero-order chi connectivity index (χ0) is 14.6. The molecule has 0 bridgehead atoms. The van der Waals surface area contributed by atoms with Gasteiger partial charge in [-0.2, -0.15) is 0 Å². The molecule has 118 valence electrons. The molecule has 0 atom stereocenters. The summed E-state index contributed by atoms with van der Waals surface area (Å²) < 4.78 is 12.8. The van der Waals surface area contributed by atoms with Crippen LogP contribution in [-0.4, -0.2) is 25.6 Å². The summed E-state index contributed by atoms with van der Waals surface area (Å²) in [6.45, 7) is 6.45. The Morgan fingerprint density at radius 3 is 2.57 bits per heavy atom. The molecule has 5 heteroatoms. The van der Waals surface area contributed by atoms with Crippen LogP contribution < -0.4 is 10.6 Å². The number of nitrogens with zero attached hydrogens (tertiary/aromatic N) is 1. The predicted octanol–water partition coefficient (Wildman–Crippen LogP) is 3.51. The van der Waals surface area contributed by atoms with E-state index < -0.39 is 0 Å². The van der Waals surface area contributed by atoms with Gasteiger partial charge in [0, 0.05) is 19.6 Å². The van der Waals surface area contributed by atoms with Crippen molar-refractivity contribution in [1.82, 2.24) is 10.6 Å². The predicted molar refractivity (Wildman–Crippen MR) is 98.9 cm³/mol. The van der Waals surface area contributed by atoms with Gasteiger partial charge in [-0.3, -0.25) is 4.99 Å². The zero-order valence-electron chi connectivity index (χ0n) is 12.7. The Morgan fingerprint density at radius 1 is 1.24 bits per heavy atom. The van der Waals surface area contributed by atoms with Gasteiger partial charge in [-0.15, -0.1) is 24.0 Å². The van der Waals surface area contributed by atoms with E-state index in [9.17, 15) is 4.39 Å². The fourth-order valence-electron chi connectivity index (χ4n) is 1.74. The third-order valence-corrected chi connectivity index (χ3v) is 2.76. The van der Waals surface area contributed by atoms with E-state index >= 15 is 0 Å². The average molecular weight is 405 g/mol. The number of aliphatic imine (C=N–C) groups is 1. The van der Waals surface area contributed by atoms with Crippen LogP contribution in [0.4, 0.5) is 4.39 Å². The molecule has 21 heavy (non-hydrogen) atoms. The Labute approximate surface area is 144 Å². The van der Waals surface area contributed by atoms with E-state index in [1.54, 1.807) is 0 Å². The Bertz CT molecular complexity index is 430. The van der Waals surface area contributed by atoms with E-state index in [1.807, 2.05) is 32.1 Å². The van der Waals surface area contributed by atoms with Crippen molar-refractivity contribution in [2.45, 2.75) is 26.7 Å². The van der Waals surface area contributed by atoms with Crippen LogP contribution in [0.25, 0.3) is 0 Å². The average Bonchev–Trinajstić information content (AvgIpc) is 2.45. The van der Waals surface area contributed by atoms with Crippen molar-refractivity contribution in [2.24, 2.45) is 4.99 Å². The molecule has 0 aliphatic carbocycles. The first-order chi connectivity index (χ1) is 9.76. The highest BCUT2D eigenvalue weighted by atomic mass is 127. The third kappa shape index (κ3) is 9.44. The highest BCUT2D eigenvalue weighted by molar-refractivity contribution is 14.0. The number of guanidine groups is 1. The van der Waals surface area contributed by atoms with Crippen LogP contribution in [0.15, 0.2) is 41.4 Å². The second-order valence-electron chi connectivity index (χ2n) is 4.42. The summed E-state index contributed by atoms with van der Waals surface area (Å²) in [4.78, 5) is 4.48. The van der Waals surface area contributed by atoms with Gasteiger partial charge in [0.1, 0.15) is 5.82 Å². The lowest BCUT2D eigenvalue weighted by atomic mass is 10.1. The minimum Gasteiger partial charge on any atom is -0.357 e. The van der Waals surface area contributed by atoms with Crippen LogP contribution in [0.2, 0.25) is 0 Å². The summed E-state index contributed by atoms with van der Waals surface area (Å²) in [5.74, 6) is 0.639. The topological polar surface area (TPSA) is 36.4 Å². The molecule has 1 aromatic rings. The van der Waals surface area contributed by atoms with Crippen LogP contribution in [0.5, 0.6) is 0 Å². The molecule has 0 fully saturated rings. The van der Waals surface area contributed by atoms with Gasteiger partial charge in [0.25, 0.3) is 0 Å². The second kappa shape index (κ2) is 12.6. The number of rotatable bonds is 7. The molecule has 1 rings (SSSR count). The maximum Gasteiger partial charge on any atom is 0.191 e. The Balaban J connectivity index is 0.00000400. The molecule has 0 spiro atoms. The quantitative estimate of drug-likeness (QED) is 0.240. The largest absolute Gasteiger partial charge is 0.357 e. The maximum atomic E-state index is 12.8. The van der Waals surface area contributed by atoms with Crippen molar-refractivity contribution in [1.29, 1.82) is 0 Å². The SMILES string of the molecule is C/C=C/CCN=C(NCC)NCCc1ccc(F)cc1.I. The fourth-order valence-corrected chi connectivity index (χ4v) is 1.74. The van der Waals surface area contributed by atoms with E-state index in [-0.39, 0.29) is 29.8 Å². The molecule has 0 aliphatic heterocycles. The number of benzene rings is 1. The lowest BCUT2D eigenvalue weighted by Gasteiger charge is -2.11. The maximum absolute atomic E-state index is 12.8. The van der Waals surface area contributed by atoms with Crippen LogP contribution in [0.3, 0.4) is 0 Å². The van der Waals surface area contributed by atoms with Gasteiger partial charge in [-0.1, -0.05) is 24.3 Å². The van der Waals surface area contributed by atoms with Gasteiger partial charge in [-0.05, 0) is 44.4 Å².